The molecule has 0 bridgehead atoms. The van der Waals surface area contributed by atoms with Gasteiger partial charge in [0.15, 0.2) is 0 Å². The standard InChI is InChI=1S/C23H19BrN6OS/c24-18-9-7-8-17(14-18)15-25-27-22-26-23(29-28-22)32-16-21(31)30(19-10-3-1-4-11-19)20-12-5-2-6-13-20/h1-15H,16H2,(H2,26,27,28,29)/b25-15-. The van der Waals surface area contributed by atoms with Crippen molar-refractivity contribution in [2.24, 2.45) is 5.10 Å². The highest BCUT2D eigenvalue weighted by molar-refractivity contribution is 9.10. The monoisotopic (exact) mass is 506 g/mol. The molecule has 0 saturated heterocycles. The molecule has 0 aliphatic carbocycles. The zero-order chi connectivity index (χ0) is 22.2. The van der Waals surface area contributed by atoms with E-state index in [-0.39, 0.29) is 11.7 Å². The molecule has 1 aromatic heterocycles. The van der Waals surface area contributed by atoms with Gasteiger partial charge in [0.05, 0.1) is 12.0 Å². The maximum absolute atomic E-state index is 13.1. The van der Waals surface area contributed by atoms with E-state index >= 15 is 0 Å². The van der Waals surface area contributed by atoms with E-state index in [1.807, 2.05) is 84.9 Å². The molecule has 4 aromatic rings. The van der Waals surface area contributed by atoms with Gasteiger partial charge in [-0.2, -0.15) is 10.1 Å². The summed E-state index contributed by atoms with van der Waals surface area (Å²) < 4.78 is 0.976. The second-order valence-electron chi connectivity index (χ2n) is 6.58. The molecule has 32 heavy (non-hydrogen) atoms. The average molecular weight is 507 g/mol. The van der Waals surface area contributed by atoms with Crippen molar-refractivity contribution in [3.8, 4) is 0 Å². The molecule has 0 unspecified atom stereocenters. The number of carbonyl (C=O) groups excluding carboxylic acids is 1. The predicted molar refractivity (Wildman–Crippen MR) is 132 cm³/mol. The molecule has 9 heteroatoms. The van der Waals surface area contributed by atoms with Gasteiger partial charge in [-0.25, -0.2) is 10.5 Å². The van der Waals surface area contributed by atoms with Gasteiger partial charge in [-0.05, 0) is 42.0 Å². The number of nitrogens with zero attached hydrogens (tertiary/aromatic N) is 4. The maximum atomic E-state index is 13.1. The molecule has 0 radical (unpaired) electrons. The molecule has 1 amide bonds. The van der Waals surface area contributed by atoms with E-state index < -0.39 is 0 Å². The molecular formula is C23H19BrN6OS. The highest BCUT2D eigenvalue weighted by Crippen LogP contribution is 2.27. The van der Waals surface area contributed by atoms with E-state index in [1.165, 1.54) is 11.8 Å². The Balaban J connectivity index is 1.38. The number of nitrogens with one attached hydrogen (secondary N) is 2. The van der Waals surface area contributed by atoms with Crippen LogP contribution in [-0.4, -0.2) is 33.1 Å². The van der Waals surface area contributed by atoms with Crippen molar-refractivity contribution in [1.82, 2.24) is 15.2 Å². The zero-order valence-electron chi connectivity index (χ0n) is 16.9. The van der Waals surface area contributed by atoms with E-state index in [4.69, 9.17) is 0 Å². The summed E-state index contributed by atoms with van der Waals surface area (Å²) in [6, 6.07) is 26.9. The topological polar surface area (TPSA) is 86.3 Å². The number of benzene rings is 3. The Morgan fingerprint density at radius 1 is 1.03 bits per heavy atom. The molecule has 160 valence electrons. The first kappa shape index (κ1) is 21.8. The van der Waals surface area contributed by atoms with Crippen LogP contribution in [0, 0.1) is 0 Å². The van der Waals surface area contributed by atoms with Crippen LogP contribution < -0.4 is 10.3 Å². The minimum atomic E-state index is -0.0700. The molecule has 0 saturated carbocycles. The molecule has 2 N–H and O–H groups in total. The fourth-order valence-corrected chi connectivity index (χ4v) is 3.96. The molecule has 7 nitrogen and oxygen atoms in total. The molecule has 3 aromatic carbocycles. The first-order valence-electron chi connectivity index (χ1n) is 9.72. The van der Waals surface area contributed by atoms with Crippen LogP contribution in [0.2, 0.25) is 0 Å². The van der Waals surface area contributed by atoms with E-state index in [0.29, 0.717) is 11.1 Å². The van der Waals surface area contributed by atoms with Crippen molar-refractivity contribution < 1.29 is 4.79 Å². The number of thioether (sulfide) groups is 1. The van der Waals surface area contributed by atoms with Crippen molar-refractivity contribution in [3.05, 3.63) is 95.0 Å². The minimum absolute atomic E-state index is 0.0700. The van der Waals surface area contributed by atoms with E-state index in [0.717, 1.165) is 21.4 Å². The van der Waals surface area contributed by atoms with Gasteiger partial charge in [0, 0.05) is 15.8 Å². The molecule has 0 aliphatic rings. The number of carbonyl (C=O) groups is 1. The van der Waals surface area contributed by atoms with Crippen LogP contribution in [0.15, 0.2) is 99.7 Å². The van der Waals surface area contributed by atoms with Gasteiger partial charge in [0.1, 0.15) is 0 Å². The summed E-state index contributed by atoms with van der Waals surface area (Å²) in [6.45, 7) is 0. The number of hydrazone groups is 1. The molecule has 0 aliphatic heterocycles. The van der Waals surface area contributed by atoms with E-state index in [9.17, 15) is 4.79 Å². The van der Waals surface area contributed by atoms with Gasteiger partial charge < -0.3 is 0 Å². The Morgan fingerprint density at radius 3 is 2.38 bits per heavy atom. The Bertz CT molecular complexity index is 1160. The van der Waals surface area contributed by atoms with Crippen molar-refractivity contribution in [1.29, 1.82) is 0 Å². The zero-order valence-corrected chi connectivity index (χ0v) is 19.3. The van der Waals surface area contributed by atoms with Crippen molar-refractivity contribution in [3.63, 3.8) is 0 Å². The third-order valence-corrected chi connectivity index (χ3v) is 5.63. The SMILES string of the molecule is O=C(CSc1n[nH]c(N/N=C\c2cccc(Br)c2)n1)N(c1ccccc1)c1ccccc1. The Hall–Kier alpha value is -3.43. The number of hydrogen-bond acceptors (Lipinski definition) is 6. The Kier molecular flexibility index (Phi) is 7.31. The summed E-state index contributed by atoms with van der Waals surface area (Å²) >= 11 is 4.68. The van der Waals surface area contributed by atoms with Crippen LogP contribution in [0.25, 0.3) is 0 Å². The molecule has 1 heterocycles. The van der Waals surface area contributed by atoms with Crippen molar-refractivity contribution in [2.75, 3.05) is 16.1 Å². The molecule has 4 rings (SSSR count). The van der Waals surface area contributed by atoms with Crippen molar-refractivity contribution in [2.45, 2.75) is 5.16 Å². The van der Waals surface area contributed by atoms with E-state index in [2.05, 4.69) is 41.6 Å². The fourth-order valence-electron chi connectivity index (χ4n) is 2.90. The molecular weight excluding hydrogens is 488 g/mol. The van der Waals surface area contributed by atoms with Crippen LogP contribution in [-0.2, 0) is 4.79 Å². The number of aromatic amines is 1. The lowest BCUT2D eigenvalue weighted by molar-refractivity contribution is -0.115. The van der Waals surface area contributed by atoms with Gasteiger partial charge in [-0.3, -0.25) is 9.69 Å². The quantitative estimate of drug-likeness (QED) is 0.188. The number of aromatic nitrogens is 3. The summed E-state index contributed by atoms with van der Waals surface area (Å²) in [5.41, 5.74) is 5.37. The number of para-hydroxylation sites is 2. The summed E-state index contributed by atoms with van der Waals surface area (Å²) in [5, 5.41) is 11.5. The third kappa shape index (κ3) is 5.83. The highest BCUT2D eigenvalue weighted by atomic mass is 79.9. The van der Waals surface area contributed by atoms with E-state index in [1.54, 1.807) is 11.1 Å². The largest absolute Gasteiger partial charge is 0.280 e. The maximum Gasteiger partial charge on any atom is 0.242 e. The number of amides is 1. The van der Waals surface area contributed by atoms with Crippen LogP contribution in [0.4, 0.5) is 17.3 Å². The number of H-pyrrole nitrogens is 1. The average Bonchev–Trinajstić information content (AvgIpc) is 3.27. The second kappa shape index (κ2) is 10.7. The van der Waals surface area contributed by atoms with Crippen LogP contribution in [0.3, 0.4) is 0 Å². The lowest BCUT2D eigenvalue weighted by Crippen LogP contribution is -2.27. The first-order valence-corrected chi connectivity index (χ1v) is 11.5. The van der Waals surface area contributed by atoms with Crippen LogP contribution in [0.1, 0.15) is 5.56 Å². The summed E-state index contributed by atoms with van der Waals surface area (Å²) in [7, 11) is 0. The van der Waals surface area contributed by atoms with Gasteiger partial charge in [-0.1, -0.05) is 76.2 Å². The van der Waals surface area contributed by atoms with Gasteiger partial charge in [0.2, 0.25) is 17.0 Å². The van der Waals surface area contributed by atoms with Crippen LogP contribution in [0.5, 0.6) is 0 Å². The predicted octanol–water partition coefficient (Wildman–Crippen LogP) is 5.47. The number of anilines is 3. The van der Waals surface area contributed by atoms with Gasteiger partial charge in [0.25, 0.3) is 0 Å². The third-order valence-electron chi connectivity index (χ3n) is 4.30. The number of rotatable bonds is 8. The summed E-state index contributed by atoms with van der Waals surface area (Å²) in [6.07, 6.45) is 1.68. The normalized spacial score (nSPS) is 10.9. The fraction of sp³-hybridized carbons (Fsp3) is 0.0435. The molecule has 0 fully saturated rings. The van der Waals surface area contributed by atoms with Crippen molar-refractivity contribution >= 4 is 57.1 Å². The molecule has 0 atom stereocenters. The second-order valence-corrected chi connectivity index (χ2v) is 8.44. The summed E-state index contributed by atoms with van der Waals surface area (Å²) in [5.74, 6) is 0.510. The Morgan fingerprint density at radius 2 is 1.72 bits per heavy atom. The number of hydrogen-bond donors (Lipinski definition) is 2. The smallest absolute Gasteiger partial charge is 0.242 e. The van der Waals surface area contributed by atoms with Crippen LogP contribution >= 0.6 is 27.7 Å². The lowest BCUT2D eigenvalue weighted by atomic mass is 10.2. The summed E-state index contributed by atoms with van der Waals surface area (Å²) in [4.78, 5) is 19.1. The Labute approximate surface area is 198 Å². The first-order chi connectivity index (χ1) is 15.7. The lowest BCUT2D eigenvalue weighted by Gasteiger charge is -2.22. The van der Waals surface area contributed by atoms with Gasteiger partial charge in [-0.15, -0.1) is 5.10 Å². The minimum Gasteiger partial charge on any atom is -0.280 e. The van der Waals surface area contributed by atoms with Gasteiger partial charge >= 0.3 is 0 Å². The highest BCUT2D eigenvalue weighted by Gasteiger charge is 2.18. The molecule has 0 spiro atoms. The number of halogens is 1.